The quantitative estimate of drug-likeness (QED) is 0.521. The number of hydrogen-bond acceptors (Lipinski definition) is 2. The van der Waals surface area contributed by atoms with Crippen LogP contribution in [0.5, 0.6) is 0 Å². The summed E-state index contributed by atoms with van der Waals surface area (Å²) in [6.07, 6.45) is 1.94. The average molecular weight is 388 g/mol. The standard InChI is InChI=1S/C26H29NO2/c28-19-17-22(21-10-4-1-5-11-21)16-18-27-26(29)20-25(23-12-6-2-7-13-23)24-14-8-3-9-15-24/h1-15,22,25,28H,16-20H2,(H,27,29). The van der Waals surface area contributed by atoms with Gasteiger partial charge < -0.3 is 10.4 Å². The fourth-order valence-electron chi connectivity index (χ4n) is 3.80. The number of carbonyl (C=O) groups excluding carboxylic acids is 1. The van der Waals surface area contributed by atoms with Gasteiger partial charge in [-0.15, -0.1) is 0 Å². The summed E-state index contributed by atoms with van der Waals surface area (Å²) >= 11 is 0. The van der Waals surface area contributed by atoms with Gasteiger partial charge in [0.2, 0.25) is 5.91 Å². The highest BCUT2D eigenvalue weighted by Gasteiger charge is 2.18. The van der Waals surface area contributed by atoms with Gasteiger partial charge in [-0.25, -0.2) is 0 Å². The van der Waals surface area contributed by atoms with E-state index >= 15 is 0 Å². The van der Waals surface area contributed by atoms with Gasteiger partial charge in [-0.2, -0.15) is 0 Å². The van der Waals surface area contributed by atoms with Crippen molar-refractivity contribution in [3.05, 3.63) is 108 Å². The van der Waals surface area contributed by atoms with Crippen LogP contribution in [0.3, 0.4) is 0 Å². The normalized spacial score (nSPS) is 11.9. The van der Waals surface area contributed by atoms with Gasteiger partial charge in [0.05, 0.1) is 0 Å². The smallest absolute Gasteiger partial charge is 0.220 e. The molecule has 1 atom stereocenters. The summed E-state index contributed by atoms with van der Waals surface area (Å²) in [6, 6.07) is 30.6. The highest BCUT2D eigenvalue weighted by molar-refractivity contribution is 5.77. The number of hydrogen-bond donors (Lipinski definition) is 2. The number of nitrogens with one attached hydrogen (secondary N) is 1. The Hall–Kier alpha value is -2.91. The van der Waals surface area contributed by atoms with Crippen molar-refractivity contribution >= 4 is 5.91 Å². The van der Waals surface area contributed by atoms with Gasteiger partial charge in [0, 0.05) is 25.5 Å². The number of carbonyl (C=O) groups is 1. The third kappa shape index (κ3) is 6.30. The summed E-state index contributed by atoms with van der Waals surface area (Å²) in [5, 5.41) is 12.5. The summed E-state index contributed by atoms with van der Waals surface area (Å²) in [4.78, 5) is 12.7. The molecule has 1 amide bonds. The predicted octanol–water partition coefficient (Wildman–Crippen LogP) is 4.88. The van der Waals surface area contributed by atoms with E-state index in [1.165, 1.54) is 5.56 Å². The molecule has 3 rings (SSSR count). The minimum absolute atomic E-state index is 0.0414. The summed E-state index contributed by atoms with van der Waals surface area (Å²) < 4.78 is 0. The molecular formula is C26H29NO2. The predicted molar refractivity (Wildman–Crippen MR) is 118 cm³/mol. The molecule has 29 heavy (non-hydrogen) atoms. The van der Waals surface area contributed by atoms with Crippen molar-refractivity contribution in [1.82, 2.24) is 5.32 Å². The van der Waals surface area contributed by atoms with E-state index in [-0.39, 0.29) is 24.3 Å². The minimum atomic E-state index is 0.0414. The second-order valence-corrected chi connectivity index (χ2v) is 7.34. The number of rotatable bonds is 10. The molecule has 0 spiro atoms. The number of amides is 1. The molecule has 3 heteroatoms. The van der Waals surface area contributed by atoms with Crippen LogP contribution >= 0.6 is 0 Å². The maximum Gasteiger partial charge on any atom is 0.220 e. The molecule has 150 valence electrons. The molecule has 0 fully saturated rings. The number of aliphatic hydroxyl groups is 1. The van der Waals surface area contributed by atoms with Crippen LogP contribution in [0.25, 0.3) is 0 Å². The van der Waals surface area contributed by atoms with Crippen LogP contribution in [0, 0.1) is 0 Å². The fourth-order valence-corrected chi connectivity index (χ4v) is 3.80. The van der Waals surface area contributed by atoms with Crippen LogP contribution < -0.4 is 5.32 Å². The maximum atomic E-state index is 12.7. The second-order valence-electron chi connectivity index (χ2n) is 7.34. The largest absolute Gasteiger partial charge is 0.396 e. The monoisotopic (exact) mass is 387 g/mol. The molecule has 3 nitrogen and oxygen atoms in total. The lowest BCUT2D eigenvalue weighted by Crippen LogP contribution is -2.27. The van der Waals surface area contributed by atoms with Gasteiger partial charge in [0.1, 0.15) is 0 Å². The summed E-state index contributed by atoms with van der Waals surface area (Å²) in [5.74, 6) is 0.346. The third-order valence-corrected chi connectivity index (χ3v) is 5.36. The van der Waals surface area contributed by atoms with E-state index in [9.17, 15) is 9.90 Å². The van der Waals surface area contributed by atoms with E-state index in [1.807, 2.05) is 54.6 Å². The van der Waals surface area contributed by atoms with Gasteiger partial charge in [-0.05, 0) is 35.4 Å². The zero-order valence-corrected chi connectivity index (χ0v) is 16.7. The summed E-state index contributed by atoms with van der Waals surface area (Å²) in [7, 11) is 0. The minimum Gasteiger partial charge on any atom is -0.396 e. The molecule has 0 saturated heterocycles. The van der Waals surface area contributed by atoms with Gasteiger partial charge in [-0.3, -0.25) is 4.79 Å². The first-order valence-electron chi connectivity index (χ1n) is 10.3. The Morgan fingerprint density at radius 3 is 1.69 bits per heavy atom. The molecule has 0 bridgehead atoms. The molecule has 1 unspecified atom stereocenters. The van der Waals surface area contributed by atoms with Crippen molar-refractivity contribution in [3.8, 4) is 0 Å². The zero-order chi connectivity index (χ0) is 20.3. The molecule has 0 heterocycles. The first-order chi connectivity index (χ1) is 14.3. The number of benzene rings is 3. The van der Waals surface area contributed by atoms with Crippen molar-refractivity contribution in [2.75, 3.05) is 13.2 Å². The van der Waals surface area contributed by atoms with Gasteiger partial charge in [0.15, 0.2) is 0 Å². The Bertz CT molecular complexity index is 810. The van der Waals surface area contributed by atoms with Crippen molar-refractivity contribution in [2.45, 2.75) is 31.1 Å². The molecule has 0 aliphatic carbocycles. The van der Waals surface area contributed by atoms with Gasteiger partial charge in [0.25, 0.3) is 0 Å². The Morgan fingerprint density at radius 1 is 0.724 bits per heavy atom. The van der Waals surface area contributed by atoms with Crippen molar-refractivity contribution in [2.24, 2.45) is 0 Å². The highest BCUT2D eigenvalue weighted by Crippen LogP contribution is 2.28. The molecular weight excluding hydrogens is 358 g/mol. The van der Waals surface area contributed by atoms with Gasteiger partial charge >= 0.3 is 0 Å². The van der Waals surface area contributed by atoms with Crippen molar-refractivity contribution < 1.29 is 9.90 Å². The van der Waals surface area contributed by atoms with Crippen LogP contribution in [0.15, 0.2) is 91.0 Å². The molecule has 3 aromatic carbocycles. The molecule has 0 radical (unpaired) electrons. The van der Waals surface area contributed by atoms with Crippen LogP contribution in [0.2, 0.25) is 0 Å². The van der Waals surface area contributed by atoms with E-state index in [0.717, 1.165) is 17.5 Å². The molecule has 0 aliphatic rings. The Labute approximate surface area is 173 Å². The maximum absolute atomic E-state index is 12.7. The van der Waals surface area contributed by atoms with Crippen LogP contribution in [-0.4, -0.2) is 24.2 Å². The lowest BCUT2D eigenvalue weighted by Gasteiger charge is -2.19. The summed E-state index contributed by atoms with van der Waals surface area (Å²) in [6.45, 7) is 0.756. The van der Waals surface area contributed by atoms with Crippen LogP contribution in [0.4, 0.5) is 0 Å². The van der Waals surface area contributed by atoms with Gasteiger partial charge in [-0.1, -0.05) is 91.0 Å². The number of aliphatic hydroxyl groups excluding tert-OH is 1. The zero-order valence-electron chi connectivity index (χ0n) is 16.7. The second kappa shape index (κ2) is 11.2. The topological polar surface area (TPSA) is 49.3 Å². The molecule has 0 aromatic heterocycles. The first kappa shape index (κ1) is 20.8. The SMILES string of the molecule is O=C(CC(c1ccccc1)c1ccccc1)NCCC(CCO)c1ccccc1. The van der Waals surface area contributed by atoms with Crippen LogP contribution in [0.1, 0.15) is 47.8 Å². The molecule has 3 aromatic rings. The lowest BCUT2D eigenvalue weighted by molar-refractivity contribution is -0.121. The van der Waals surface area contributed by atoms with E-state index in [1.54, 1.807) is 0 Å². The Kier molecular flexibility index (Phi) is 8.02. The van der Waals surface area contributed by atoms with Crippen molar-refractivity contribution in [1.29, 1.82) is 0 Å². The summed E-state index contributed by atoms with van der Waals surface area (Å²) in [5.41, 5.74) is 3.51. The Morgan fingerprint density at radius 2 is 1.21 bits per heavy atom. The average Bonchev–Trinajstić information content (AvgIpc) is 2.78. The van der Waals surface area contributed by atoms with Crippen molar-refractivity contribution in [3.63, 3.8) is 0 Å². The van der Waals surface area contributed by atoms with E-state index in [0.29, 0.717) is 19.4 Å². The Balaban J connectivity index is 1.60. The first-order valence-corrected chi connectivity index (χ1v) is 10.3. The van der Waals surface area contributed by atoms with E-state index in [4.69, 9.17) is 0 Å². The van der Waals surface area contributed by atoms with Crippen LogP contribution in [-0.2, 0) is 4.79 Å². The molecule has 0 saturated carbocycles. The molecule has 0 aliphatic heterocycles. The lowest BCUT2D eigenvalue weighted by atomic mass is 9.88. The van der Waals surface area contributed by atoms with E-state index in [2.05, 4.69) is 41.7 Å². The third-order valence-electron chi connectivity index (χ3n) is 5.36. The fraction of sp³-hybridized carbons (Fsp3) is 0.269. The highest BCUT2D eigenvalue weighted by atomic mass is 16.3. The molecule has 2 N–H and O–H groups in total. The van der Waals surface area contributed by atoms with E-state index < -0.39 is 0 Å².